The van der Waals surface area contributed by atoms with Crippen molar-refractivity contribution in [1.29, 1.82) is 0 Å². The molecule has 0 spiro atoms. The zero-order chi connectivity index (χ0) is 17.0. The van der Waals surface area contributed by atoms with Crippen molar-refractivity contribution in [1.82, 2.24) is 0 Å². The second-order valence-corrected chi connectivity index (χ2v) is 5.72. The number of nitrogens with zero attached hydrogens (tertiary/aromatic N) is 1. The van der Waals surface area contributed by atoms with Crippen LogP contribution < -0.4 is 13.8 Å². The van der Waals surface area contributed by atoms with Crippen LogP contribution in [0.2, 0.25) is 0 Å². The van der Waals surface area contributed by atoms with Crippen LogP contribution in [0.1, 0.15) is 10.4 Å². The molecule has 0 saturated carbocycles. The third-order valence-electron chi connectivity index (χ3n) is 2.98. The Morgan fingerprint density at radius 2 is 1.83 bits per heavy atom. The van der Waals surface area contributed by atoms with E-state index in [4.69, 9.17) is 9.47 Å². The van der Waals surface area contributed by atoms with Gasteiger partial charge in [-0.3, -0.25) is 4.79 Å². The summed E-state index contributed by atoms with van der Waals surface area (Å²) in [5, 5.41) is 0. The molecule has 122 valence electrons. The molecule has 0 atom stereocenters. The standard InChI is InChI=1S/C15H12BrF2NO3S/c1-21-11-3-4-14(16)13(8-11)15(20)19(23-18)10-5-9(17)6-12(7-10)22-2/h3-8H,1-2H3. The van der Waals surface area contributed by atoms with E-state index < -0.39 is 11.7 Å². The maximum atomic E-state index is 13.6. The summed E-state index contributed by atoms with van der Waals surface area (Å²) in [6.07, 6.45) is 0. The van der Waals surface area contributed by atoms with Crippen LogP contribution in [0, 0.1) is 5.82 Å². The number of amides is 1. The first kappa shape index (κ1) is 17.6. The van der Waals surface area contributed by atoms with E-state index in [9.17, 15) is 13.1 Å². The van der Waals surface area contributed by atoms with E-state index in [1.807, 2.05) is 0 Å². The molecular formula is C15H12BrF2NO3S. The van der Waals surface area contributed by atoms with Gasteiger partial charge in [-0.15, -0.1) is 3.89 Å². The monoisotopic (exact) mass is 403 g/mol. The zero-order valence-electron chi connectivity index (χ0n) is 12.2. The number of halogens is 3. The van der Waals surface area contributed by atoms with Crippen molar-refractivity contribution in [2.45, 2.75) is 0 Å². The van der Waals surface area contributed by atoms with Crippen LogP contribution >= 0.6 is 28.3 Å². The van der Waals surface area contributed by atoms with Crippen LogP contribution in [-0.2, 0) is 0 Å². The van der Waals surface area contributed by atoms with Crippen LogP contribution in [0.3, 0.4) is 0 Å². The molecule has 0 unspecified atom stereocenters. The summed E-state index contributed by atoms with van der Waals surface area (Å²) in [4.78, 5) is 12.6. The maximum absolute atomic E-state index is 13.6. The summed E-state index contributed by atoms with van der Waals surface area (Å²) in [6.45, 7) is 0. The Morgan fingerprint density at radius 1 is 1.13 bits per heavy atom. The number of ether oxygens (including phenoxy) is 2. The first-order chi connectivity index (χ1) is 11.0. The van der Waals surface area contributed by atoms with Crippen LogP contribution in [-0.4, -0.2) is 20.1 Å². The molecule has 0 aromatic heterocycles. The minimum absolute atomic E-state index is 0.0223. The highest BCUT2D eigenvalue weighted by Gasteiger charge is 2.23. The van der Waals surface area contributed by atoms with Gasteiger partial charge in [-0.2, -0.15) is 0 Å². The van der Waals surface area contributed by atoms with E-state index >= 15 is 0 Å². The minimum atomic E-state index is -0.670. The third-order valence-corrected chi connectivity index (χ3v) is 4.19. The largest absolute Gasteiger partial charge is 0.497 e. The van der Waals surface area contributed by atoms with E-state index in [0.717, 1.165) is 16.4 Å². The van der Waals surface area contributed by atoms with Crippen molar-refractivity contribution >= 4 is 39.9 Å². The van der Waals surface area contributed by atoms with Crippen LogP contribution in [0.25, 0.3) is 0 Å². The molecule has 2 aromatic carbocycles. The average Bonchev–Trinajstić information content (AvgIpc) is 2.55. The second kappa shape index (κ2) is 7.65. The van der Waals surface area contributed by atoms with Gasteiger partial charge in [0.05, 0.1) is 25.5 Å². The highest BCUT2D eigenvalue weighted by molar-refractivity contribution is 9.10. The fourth-order valence-corrected chi connectivity index (χ4v) is 2.64. The number of carbonyl (C=O) groups excluding carboxylic acids is 1. The van der Waals surface area contributed by atoms with Gasteiger partial charge in [0.25, 0.3) is 5.91 Å². The third kappa shape index (κ3) is 3.94. The molecule has 0 aliphatic carbocycles. The van der Waals surface area contributed by atoms with Gasteiger partial charge >= 0.3 is 0 Å². The smallest absolute Gasteiger partial charge is 0.271 e. The first-order valence-electron chi connectivity index (χ1n) is 6.31. The van der Waals surface area contributed by atoms with Gasteiger partial charge in [0.1, 0.15) is 17.3 Å². The fourth-order valence-electron chi connectivity index (χ4n) is 1.88. The lowest BCUT2D eigenvalue weighted by atomic mass is 10.2. The molecular weight excluding hydrogens is 392 g/mol. The first-order valence-corrected chi connectivity index (χ1v) is 7.78. The highest BCUT2D eigenvalue weighted by Crippen LogP contribution is 2.32. The summed E-state index contributed by atoms with van der Waals surface area (Å²) in [5.74, 6) is -0.694. The van der Waals surface area contributed by atoms with Gasteiger partial charge in [-0.05, 0) is 40.2 Å². The molecule has 0 N–H and O–H groups in total. The lowest BCUT2D eigenvalue weighted by Crippen LogP contribution is -2.23. The fraction of sp³-hybridized carbons (Fsp3) is 0.133. The predicted octanol–water partition coefficient (Wildman–Crippen LogP) is 4.78. The van der Waals surface area contributed by atoms with Crippen molar-refractivity contribution in [3.63, 3.8) is 0 Å². The molecule has 2 rings (SSSR count). The molecule has 2 aromatic rings. The van der Waals surface area contributed by atoms with Gasteiger partial charge in [0, 0.05) is 16.6 Å². The van der Waals surface area contributed by atoms with E-state index in [2.05, 4.69) is 15.9 Å². The van der Waals surface area contributed by atoms with Crippen LogP contribution in [0.15, 0.2) is 40.9 Å². The lowest BCUT2D eigenvalue weighted by molar-refractivity contribution is 0.101. The van der Waals surface area contributed by atoms with E-state index in [1.165, 1.54) is 26.4 Å². The van der Waals surface area contributed by atoms with Crippen molar-refractivity contribution in [2.75, 3.05) is 18.5 Å². The molecule has 0 bridgehead atoms. The van der Waals surface area contributed by atoms with Crippen LogP contribution in [0.5, 0.6) is 11.5 Å². The topological polar surface area (TPSA) is 38.8 Å². The Labute approximate surface area is 144 Å². The molecule has 0 aliphatic heterocycles. The van der Waals surface area contributed by atoms with Crippen molar-refractivity contribution in [2.24, 2.45) is 0 Å². The maximum Gasteiger partial charge on any atom is 0.271 e. The normalized spacial score (nSPS) is 10.3. The average molecular weight is 404 g/mol. The summed E-state index contributed by atoms with van der Waals surface area (Å²) in [5.41, 5.74) is 0.201. The summed E-state index contributed by atoms with van der Waals surface area (Å²) in [6, 6.07) is 8.27. The van der Waals surface area contributed by atoms with Gasteiger partial charge in [-0.1, -0.05) is 0 Å². The Kier molecular flexibility index (Phi) is 5.84. The molecule has 0 radical (unpaired) electrons. The summed E-state index contributed by atoms with van der Waals surface area (Å²) in [7, 11) is 2.81. The Bertz CT molecular complexity index is 730. The summed E-state index contributed by atoms with van der Waals surface area (Å²) >= 11 is 2.92. The van der Waals surface area contributed by atoms with E-state index in [1.54, 1.807) is 12.1 Å². The molecule has 0 saturated heterocycles. The predicted molar refractivity (Wildman–Crippen MR) is 89.2 cm³/mol. The van der Waals surface area contributed by atoms with E-state index in [-0.39, 0.29) is 29.3 Å². The molecule has 0 heterocycles. The lowest BCUT2D eigenvalue weighted by Gasteiger charge is -2.18. The molecule has 4 nitrogen and oxygen atoms in total. The van der Waals surface area contributed by atoms with Gasteiger partial charge < -0.3 is 9.47 Å². The summed E-state index contributed by atoms with van der Waals surface area (Å²) < 4.78 is 38.2. The minimum Gasteiger partial charge on any atom is -0.497 e. The number of carbonyl (C=O) groups is 1. The van der Waals surface area contributed by atoms with Gasteiger partial charge in [0.15, 0.2) is 12.3 Å². The Balaban J connectivity index is 2.45. The van der Waals surface area contributed by atoms with Gasteiger partial charge in [-0.25, -0.2) is 8.70 Å². The molecule has 0 aliphatic rings. The van der Waals surface area contributed by atoms with Crippen molar-refractivity contribution < 1.29 is 22.5 Å². The molecule has 23 heavy (non-hydrogen) atoms. The number of hydrogen-bond acceptors (Lipinski definition) is 4. The van der Waals surface area contributed by atoms with E-state index in [0.29, 0.717) is 10.2 Å². The number of anilines is 1. The number of hydrogen-bond donors (Lipinski definition) is 0. The number of methoxy groups -OCH3 is 2. The molecule has 1 amide bonds. The second-order valence-electron chi connectivity index (χ2n) is 4.36. The number of benzene rings is 2. The molecule has 8 heteroatoms. The highest BCUT2D eigenvalue weighted by atomic mass is 79.9. The quantitative estimate of drug-likeness (QED) is 0.673. The van der Waals surface area contributed by atoms with Crippen molar-refractivity contribution in [3.8, 4) is 11.5 Å². The van der Waals surface area contributed by atoms with Crippen LogP contribution in [0.4, 0.5) is 14.0 Å². The van der Waals surface area contributed by atoms with Crippen molar-refractivity contribution in [3.05, 3.63) is 52.3 Å². The number of rotatable bonds is 5. The Morgan fingerprint density at radius 3 is 2.43 bits per heavy atom. The SMILES string of the molecule is COc1cc(F)cc(N(SF)C(=O)c2cc(OC)ccc2Br)c1. The molecule has 0 fully saturated rings. The Hall–Kier alpha value is -1.80. The zero-order valence-corrected chi connectivity index (χ0v) is 14.6. The van der Waals surface area contributed by atoms with Gasteiger partial charge in [0.2, 0.25) is 0 Å².